The van der Waals surface area contributed by atoms with E-state index in [1.54, 1.807) is 0 Å². The fraction of sp³-hybridized carbons (Fsp3) is 1.00. The number of hydrogen-bond acceptors (Lipinski definition) is 4. The molecule has 0 aromatic carbocycles. The highest BCUT2D eigenvalue weighted by Gasteiger charge is 2.53. The predicted octanol–water partition coefficient (Wildman–Crippen LogP) is 3.73. The van der Waals surface area contributed by atoms with Gasteiger partial charge in [0.1, 0.15) is 6.61 Å². The lowest BCUT2D eigenvalue weighted by atomic mass is 9.55. The Morgan fingerprint density at radius 2 is 1.95 bits per heavy atom. The molecule has 0 aromatic heterocycles. The molecule has 2 unspecified atom stereocenters. The molecule has 1 heterocycles. The highest BCUT2D eigenvalue weighted by Crippen LogP contribution is 2.54. The first-order valence-electron chi connectivity index (χ1n) is 7.58. The Balaban J connectivity index is 0.000000956. The van der Waals surface area contributed by atoms with Gasteiger partial charge in [0, 0.05) is 13.1 Å². The molecule has 0 radical (unpaired) electrons. The van der Waals surface area contributed by atoms with Gasteiger partial charge in [-0.25, -0.2) is 13.1 Å². The number of hydrogen-bond donors (Lipinski definition) is 1. The molecule has 20 heavy (non-hydrogen) atoms. The van der Waals surface area contributed by atoms with E-state index in [-0.39, 0.29) is 11.5 Å². The Morgan fingerprint density at radius 3 is 2.40 bits per heavy atom. The van der Waals surface area contributed by atoms with E-state index in [1.807, 2.05) is 18.2 Å². The van der Waals surface area contributed by atoms with Crippen molar-refractivity contribution in [2.45, 2.75) is 59.0 Å². The van der Waals surface area contributed by atoms with Crippen molar-refractivity contribution in [1.29, 1.82) is 0 Å². The molecule has 3 nitrogen and oxygen atoms in total. The van der Waals surface area contributed by atoms with Crippen molar-refractivity contribution < 1.29 is 18.1 Å². The van der Waals surface area contributed by atoms with E-state index in [1.165, 1.54) is 0 Å². The zero-order valence-corrected chi connectivity index (χ0v) is 13.5. The van der Waals surface area contributed by atoms with Gasteiger partial charge < -0.3 is 5.11 Å². The maximum Gasteiger partial charge on any atom is 0.262 e. The summed E-state index contributed by atoms with van der Waals surface area (Å²) in [6.45, 7) is 7.21. The third kappa shape index (κ3) is 4.29. The molecule has 2 fully saturated rings. The quantitative estimate of drug-likeness (QED) is 0.619. The second-order valence-electron chi connectivity index (χ2n) is 5.36. The van der Waals surface area contributed by atoms with Crippen LogP contribution in [-0.4, -0.2) is 41.6 Å². The molecule has 0 bridgehead atoms. The van der Waals surface area contributed by atoms with Crippen molar-refractivity contribution in [3.8, 4) is 0 Å². The smallest absolute Gasteiger partial charge is 0.262 e. The number of piperidine rings is 1. The molecule has 2 atom stereocenters. The molecule has 1 spiro atoms. The van der Waals surface area contributed by atoms with Gasteiger partial charge in [-0.3, -0.25) is 4.18 Å². The summed E-state index contributed by atoms with van der Waals surface area (Å²) in [5.74, 6) is 0.458. The lowest BCUT2D eigenvalue weighted by Crippen LogP contribution is -2.56. The van der Waals surface area contributed by atoms with Crippen molar-refractivity contribution in [1.82, 2.24) is 4.31 Å². The highest BCUT2D eigenvalue weighted by molar-refractivity contribution is 7.92. The van der Waals surface area contributed by atoms with E-state index in [0.717, 1.165) is 51.0 Å². The Kier molecular flexibility index (Phi) is 7.72. The Labute approximate surface area is 125 Å². The van der Waals surface area contributed by atoms with Crippen LogP contribution < -0.4 is 0 Å². The van der Waals surface area contributed by atoms with Crippen molar-refractivity contribution in [3.05, 3.63) is 0 Å². The van der Waals surface area contributed by atoms with Crippen LogP contribution in [0.15, 0.2) is 0 Å². The average Bonchev–Trinajstić information content (AvgIpc) is 2.47. The predicted molar refractivity (Wildman–Crippen MR) is 78.5 cm³/mol. The molecule has 6 heteroatoms. The zero-order chi connectivity index (χ0) is 15.2. The second-order valence-corrected chi connectivity index (χ2v) is 6.26. The van der Waals surface area contributed by atoms with Crippen LogP contribution in [0.4, 0.5) is 8.78 Å². The zero-order valence-electron chi connectivity index (χ0n) is 12.6. The molecule has 2 rings (SSSR count). The highest BCUT2D eigenvalue weighted by atomic mass is 32.2. The van der Waals surface area contributed by atoms with Crippen LogP contribution in [-0.2, 0) is 4.18 Å². The minimum Gasteiger partial charge on any atom is -0.392 e. The van der Waals surface area contributed by atoms with Gasteiger partial charge >= 0.3 is 0 Å². The largest absolute Gasteiger partial charge is 0.392 e. The fourth-order valence-corrected chi connectivity index (χ4v) is 3.77. The summed E-state index contributed by atoms with van der Waals surface area (Å²) in [4.78, 5) is 0. The standard InChI is InChI=1S/C12H21F2NO2S.C2H6/c1-2-9-7-12(11(9)16)3-5-15(6-4-12)18-17-8-10(13)14;1-2/h9-11,16H,2-8H2,1H3;1-2H3. The monoisotopic (exact) mass is 311 g/mol. The van der Waals surface area contributed by atoms with Crippen LogP contribution in [0.2, 0.25) is 0 Å². The molecule has 120 valence electrons. The number of halogens is 2. The molecule has 0 aromatic rings. The van der Waals surface area contributed by atoms with Crippen LogP contribution in [0, 0.1) is 11.3 Å². The second kappa shape index (κ2) is 8.51. The Hall–Kier alpha value is 0.0900. The molecular weight excluding hydrogens is 284 g/mol. The number of alkyl halides is 2. The number of aliphatic hydroxyl groups is 1. The van der Waals surface area contributed by atoms with E-state index in [2.05, 4.69) is 6.92 Å². The average molecular weight is 311 g/mol. The molecule has 1 saturated carbocycles. The third-order valence-electron chi connectivity index (χ3n) is 4.34. The molecule has 1 N–H and O–H groups in total. The van der Waals surface area contributed by atoms with Crippen LogP contribution in [0.5, 0.6) is 0 Å². The van der Waals surface area contributed by atoms with Crippen LogP contribution >= 0.6 is 12.2 Å². The number of rotatable bonds is 5. The Bertz CT molecular complexity index is 274. The van der Waals surface area contributed by atoms with Gasteiger partial charge in [0.05, 0.1) is 18.3 Å². The van der Waals surface area contributed by atoms with Gasteiger partial charge in [0.25, 0.3) is 6.43 Å². The Morgan fingerprint density at radius 1 is 1.35 bits per heavy atom. The summed E-state index contributed by atoms with van der Waals surface area (Å²) in [5, 5.41) is 10.2. The molecule has 2 aliphatic rings. The summed E-state index contributed by atoms with van der Waals surface area (Å²) in [6.07, 6.45) is 1.45. The summed E-state index contributed by atoms with van der Waals surface area (Å²) >= 11 is 1.04. The van der Waals surface area contributed by atoms with Crippen molar-refractivity contribution >= 4 is 12.2 Å². The maximum atomic E-state index is 11.9. The third-order valence-corrected chi connectivity index (χ3v) is 5.15. The van der Waals surface area contributed by atoms with E-state index in [4.69, 9.17) is 4.18 Å². The number of aliphatic hydroxyl groups excluding tert-OH is 1. The maximum absolute atomic E-state index is 11.9. The van der Waals surface area contributed by atoms with E-state index in [9.17, 15) is 13.9 Å². The fourth-order valence-electron chi connectivity index (χ4n) is 3.12. The lowest BCUT2D eigenvalue weighted by molar-refractivity contribution is -0.142. The van der Waals surface area contributed by atoms with Gasteiger partial charge in [-0.1, -0.05) is 27.2 Å². The van der Waals surface area contributed by atoms with E-state index >= 15 is 0 Å². The van der Waals surface area contributed by atoms with Gasteiger partial charge in [-0.05, 0) is 30.6 Å². The van der Waals surface area contributed by atoms with Crippen LogP contribution in [0.25, 0.3) is 0 Å². The molecule has 1 aliphatic carbocycles. The topological polar surface area (TPSA) is 32.7 Å². The van der Waals surface area contributed by atoms with Crippen molar-refractivity contribution in [2.24, 2.45) is 11.3 Å². The van der Waals surface area contributed by atoms with Gasteiger partial charge in [-0.2, -0.15) is 0 Å². The summed E-state index contributed by atoms with van der Waals surface area (Å²) in [6, 6.07) is 0. The first kappa shape index (κ1) is 18.1. The first-order chi connectivity index (χ1) is 9.57. The van der Waals surface area contributed by atoms with Gasteiger partial charge in [0.15, 0.2) is 0 Å². The van der Waals surface area contributed by atoms with Gasteiger partial charge in [-0.15, -0.1) is 0 Å². The molecule has 0 amide bonds. The van der Waals surface area contributed by atoms with Crippen molar-refractivity contribution in [2.75, 3.05) is 19.7 Å². The van der Waals surface area contributed by atoms with E-state index < -0.39 is 13.0 Å². The lowest BCUT2D eigenvalue weighted by Gasteiger charge is -2.55. The van der Waals surface area contributed by atoms with Gasteiger partial charge in [0.2, 0.25) is 0 Å². The minimum atomic E-state index is -2.41. The summed E-state index contributed by atoms with van der Waals surface area (Å²) < 4.78 is 30.7. The normalized spacial score (nSPS) is 28.9. The molecular formula is C14H27F2NO2S. The van der Waals surface area contributed by atoms with Crippen LogP contribution in [0.1, 0.15) is 46.5 Å². The minimum absolute atomic E-state index is 0.0977. The van der Waals surface area contributed by atoms with Crippen LogP contribution in [0.3, 0.4) is 0 Å². The molecule has 1 aliphatic heterocycles. The SMILES string of the molecule is CC.CCC1CC2(CCN(SOCC(F)F)CC2)C1O. The first-order valence-corrected chi connectivity index (χ1v) is 8.28. The summed E-state index contributed by atoms with van der Waals surface area (Å²) in [7, 11) is 0. The number of nitrogens with zero attached hydrogens (tertiary/aromatic N) is 1. The van der Waals surface area contributed by atoms with E-state index in [0.29, 0.717) is 5.92 Å². The molecule has 1 saturated heterocycles. The summed E-state index contributed by atoms with van der Waals surface area (Å²) in [5.41, 5.74) is 0.0977. The van der Waals surface area contributed by atoms with Crippen molar-refractivity contribution in [3.63, 3.8) is 0 Å².